The lowest BCUT2D eigenvalue weighted by Gasteiger charge is -2.37. The molecule has 0 saturated heterocycles. The van der Waals surface area contributed by atoms with Gasteiger partial charge in [-0.15, -0.1) is 0 Å². The summed E-state index contributed by atoms with van der Waals surface area (Å²) in [5.74, 6) is 0.864. The summed E-state index contributed by atoms with van der Waals surface area (Å²) >= 11 is 0. The van der Waals surface area contributed by atoms with Gasteiger partial charge in [0.25, 0.3) is 0 Å². The molecule has 1 saturated carbocycles. The maximum atomic E-state index is 6.22. The Hall–Kier alpha value is -0.830. The summed E-state index contributed by atoms with van der Waals surface area (Å²) in [6.45, 7) is 10.3. The first-order valence-electron chi connectivity index (χ1n) is 8.06. The van der Waals surface area contributed by atoms with Crippen LogP contribution in [0, 0.1) is 11.3 Å². The Balaban J connectivity index is 1.67. The van der Waals surface area contributed by atoms with Crippen LogP contribution in [0.25, 0.3) is 0 Å². The zero-order chi connectivity index (χ0) is 14.6. The lowest BCUT2D eigenvalue weighted by Crippen LogP contribution is -2.31. The zero-order valence-corrected chi connectivity index (χ0v) is 13.5. The normalized spacial score (nSPS) is 25.6. The highest BCUT2D eigenvalue weighted by Crippen LogP contribution is 2.38. The highest BCUT2D eigenvalue weighted by molar-refractivity contribution is 4.81. The van der Waals surface area contributed by atoms with Gasteiger partial charge < -0.3 is 9.30 Å². The second kappa shape index (κ2) is 6.75. The van der Waals surface area contributed by atoms with Gasteiger partial charge in [-0.05, 0) is 50.4 Å². The fourth-order valence-corrected chi connectivity index (χ4v) is 3.21. The SMILES string of the molecule is CC(CCn1ccnc1)OC1CCC(C(C)(C)C)CC1. The lowest BCUT2D eigenvalue weighted by atomic mass is 9.72. The van der Waals surface area contributed by atoms with E-state index >= 15 is 0 Å². The smallest absolute Gasteiger partial charge is 0.0945 e. The Morgan fingerprint density at radius 1 is 1.25 bits per heavy atom. The highest BCUT2D eigenvalue weighted by Gasteiger charge is 2.30. The molecule has 1 aliphatic carbocycles. The van der Waals surface area contributed by atoms with Crippen LogP contribution in [0.2, 0.25) is 0 Å². The molecule has 3 nitrogen and oxygen atoms in total. The summed E-state index contributed by atoms with van der Waals surface area (Å²) in [6, 6.07) is 0. The Kier molecular flexibility index (Phi) is 5.25. The molecule has 1 aliphatic rings. The molecule has 1 atom stereocenters. The van der Waals surface area contributed by atoms with Crippen LogP contribution in [0.15, 0.2) is 18.7 Å². The summed E-state index contributed by atoms with van der Waals surface area (Å²) in [7, 11) is 0. The van der Waals surface area contributed by atoms with Crippen molar-refractivity contribution >= 4 is 0 Å². The van der Waals surface area contributed by atoms with E-state index in [1.807, 2.05) is 18.7 Å². The second-order valence-electron chi connectivity index (χ2n) is 7.38. The van der Waals surface area contributed by atoms with Crippen molar-refractivity contribution < 1.29 is 4.74 Å². The molecule has 0 N–H and O–H groups in total. The van der Waals surface area contributed by atoms with Crippen LogP contribution in [0.4, 0.5) is 0 Å². The van der Waals surface area contributed by atoms with E-state index < -0.39 is 0 Å². The zero-order valence-electron chi connectivity index (χ0n) is 13.5. The van der Waals surface area contributed by atoms with Crippen LogP contribution in [0.5, 0.6) is 0 Å². The number of imidazole rings is 1. The predicted molar refractivity (Wildman–Crippen MR) is 82.6 cm³/mol. The first kappa shape index (κ1) is 15.6. The molecular weight excluding hydrogens is 248 g/mol. The number of ether oxygens (including phenoxy) is 1. The Morgan fingerprint density at radius 3 is 2.50 bits per heavy atom. The molecule has 1 unspecified atom stereocenters. The van der Waals surface area contributed by atoms with Crippen LogP contribution >= 0.6 is 0 Å². The van der Waals surface area contributed by atoms with Crippen LogP contribution in [0.1, 0.15) is 59.8 Å². The number of aryl methyl sites for hydroxylation is 1. The molecule has 0 amide bonds. The molecule has 0 aromatic carbocycles. The lowest BCUT2D eigenvalue weighted by molar-refractivity contribution is -0.0409. The van der Waals surface area contributed by atoms with Gasteiger partial charge in [-0.25, -0.2) is 4.98 Å². The summed E-state index contributed by atoms with van der Waals surface area (Å²) in [6.07, 6.45) is 12.7. The molecule has 0 radical (unpaired) electrons. The van der Waals surface area contributed by atoms with E-state index in [-0.39, 0.29) is 0 Å². The minimum atomic E-state index is 0.341. The Morgan fingerprint density at radius 2 is 1.95 bits per heavy atom. The van der Waals surface area contributed by atoms with Gasteiger partial charge in [0.1, 0.15) is 0 Å². The predicted octanol–water partition coefficient (Wildman–Crippen LogP) is 4.28. The van der Waals surface area contributed by atoms with E-state index in [0.29, 0.717) is 17.6 Å². The van der Waals surface area contributed by atoms with Gasteiger partial charge in [0.2, 0.25) is 0 Å². The van der Waals surface area contributed by atoms with E-state index in [1.54, 1.807) is 0 Å². The minimum absolute atomic E-state index is 0.341. The molecule has 0 bridgehead atoms. The summed E-state index contributed by atoms with van der Waals surface area (Å²) < 4.78 is 8.34. The largest absolute Gasteiger partial charge is 0.375 e. The highest BCUT2D eigenvalue weighted by atomic mass is 16.5. The van der Waals surface area contributed by atoms with Crippen molar-refractivity contribution in [2.45, 2.75) is 78.6 Å². The van der Waals surface area contributed by atoms with E-state index in [9.17, 15) is 0 Å². The van der Waals surface area contributed by atoms with Crippen LogP contribution in [-0.2, 0) is 11.3 Å². The fraction of sp³-hybridized carbons (Fsp3) is 0.824. The summed E-state index contributed by atoms with van der Waals surface area (Å²) in [5.41, 5.74) is 0.456. The van der Waals surface area contributed by atoms with Gasteiger partial charge in [-0.3, -0.25) is 0 Å². The van der Waals surface area contributed by atoms with Crippen molar-refractivity contribution in [3.63, 3.8) is 0 Å². The molecular formula is C17H30N2O. The first-order chi connectivity index (χ1) is 9.45. The number of nitrogens with zero attached hydrogens (tertiary/aromatic N) is 2. The molecule has 1 fully saturated rings. The van der Waals surface area contributed by atoms with E-state index in [0.717, 1.165) is 18.9 Å². The average Bonchev–Trinajstić information content (AvgIpc) is 2.89. The van der Waals surface area contributed by atoms with Gasteiger partial charge in [0, 0.05) is 18.9 Å². The van der Waals surface area contributed by atoms with E-state index in [2.05, 4.69) is 37.2 Å². The molecule has 3 heteroatoms. The topological polar surface area (TPSA) is 27.1 Å². The van der Waals surface area contributed by atoms with Crippen LogP contribution < -0.4 is 0 Å². The van der Waals surface area contributed by atoms with Crippen molar-refractivity contribution in [1.82, 2.24) is 9.55 Å². The molecule has 0 aliphatic heterocycles. The van der Waals surface area contributed by atoms with Gasteiger partial charge in [0.15, 0.2) is 0 Å². The maximum absolute atomic E-state index is 6.22. The number of hydrogen-bond donors (Lipinski definition) is 0. The number of rotatable bonds is 5. The van der Waals surface area contributed by atoms with Crippen molar-refractivity contribution in [2.24, 2.45) is 11.3 Å². The molecule has 1 aromatic heterocycles. The summed E-state index contributed by atoms with van der Waals surface area (Å²) in [4.78, 5) is 4.07. The Bertz CT molecular complexity index is 372. The number of aromatic nitrogens is 2. The summed E-state index contributed by atoms with van der Waals surface area (Å²) in [5, 5.41) is 0. The molecule has 114 valence electrons. The second-order valence-corrected chi connectivity index (χ2v) is 7.38. The van der Waals surface area contributed by atoms with Crippen LogP contribution in [0.3, 0.4) is 0 Å². The first-order valence-corrected chi connectivity index (χ1v) is 8.06. The van der Waals surface area contributed by atoms with Crippen molar-refractivity contribution in [2.75, 3.05) is 0 Å². The quantitative estimate of drug-likeness (QED) is 0.803. The van der Waals surface area contributed by atoms with Gasteiger partial charge in [-0.1, -0.05) is 20.8 Å². The minimum Gasteiger partial charge on any atom is -0.375 e. The van der Waals surface area contributed by atoms with Crippen LogP contribution in [-0.4, -0.2) is 21.8 Å². The standard InChI is InChI=1S/C17H30N2O/c1-14(9-11-19-12-10-18-13-19)20-16-7-5-15(6-8-16)17(2,3)4/h10,12-16H,5-9,11H2,1-4H3. The molecule has 1 heterocycles. The van der Waals surface area contributed by atoms with Crippen molar-refractivity contribution in [1.29, 1.82) is 0 Å². The maximum Gasteiger partial charge on any atom is 0.0945 e. The van der Waals surface area contributed by atoms with Crippen molar-refractivity contribution in [3.8, 4) is 0 Å². The fourth-order valence-electron chi connectivity index (χ4n) is 3.21. The monoisotopic (exact) mass is 278 g/mol. The Labute approximate surface area is 123 Å². The van der Waals surface area contributed by atoms with Gasteiger partial charge in [0.05, 0.1) is 18.5 Å². The molecule has 1 aromatic rings. The third-order valence-electron chi connectivity index (χ3n) is 4.68. The van der Waals surface area contributed by atoms with Gasteiger partial charge >= 0.3 is 0 Å². The van der Waals surface area contributed by atoms with E-state index in [4.69, 9.17) is 4.74 Å². The van der Waals surface area contributed by atoms with Gasteiger partial charge in [-0.2, -0.15) is 0 Å². The average molecular weight is 278 g/mol. The molecule has 0 spiro atoms. The van der Waals surface area contributed by atoms with E-state index in [1.165, 1.54) is 25.7 Å². The third kappa shape index (κ3) is 4.62. The number of hydrogen-bond acceptors (Lipinski definition) is 2. The molecule has 20 heavy (non-hydrogen) atoms. The van der Waals surface area contributed by atoms with Crippen molar-refractivity contribution in [3.05, 3.63) is 18.7 Å². The third-order valence-corrected chi connectivity index (χ3v) is 4.68. The molecule has 2 rings (SSSR count).